The average molecular weight is 242 g/mol. The van der Waals surface area contributed by atoms with Gasteiger partial charge in [0, 0.05) is 11.3 Å². The van der Waals surface area contributed by atoms with Crippen molar-refractivity contribution in [1.82, 2.24) is 9.97 Å². The molecule has 0 spiro atoms. The number of nitrogens with zero attached hydrogens (tertiary/aromatic N) is 2. The fourth-order valence-corrected chi connectivity index (χ4v) is 1.59. The van der Waals surface area contributed by atoms with E-state index in [-0.39, 0.29) is 0 Å². The number of rotatable bonds is 3. The first-order valence-electron chi connectivity index (χ1n) is 5.79. The van der Waals surface area contributed by atoms with Crippen LogP contribution in [0, 0.1) is 6.92 Å². The highest BCUT2D eigenvalue weighted by atomic mass is 16.5. The Morgan fingerprint density at radius 2 is 1.94 bits per heavy atom. The second-order valence-electron chi connectivity index (χ2n) is 3.80. The lowest BCUT2D eigenvalue weighted by Gasteiger charge is -2.05. The van der Waals surface area contributed by atoms with Gasteiger partial charge in [0.25, 0.3) is 0 Å². The van der Waals surface area contributed by atoms with Crippen molar-refractivity contribution in [2.75, 3.05) is 6.61 Å². The predicted molar refractivity (Wildman–Crippen MR) is 68.2 cm³/mol. The molecule has 4 heteroatoms. The van der Waals surface area contributed by atoms with Gasteiger partial charge in [0.15, 0.2) is 11.5 Å². The first-order valence-corrected chi connectivity index (χ1v) is 5.79. The standard InChI is InChI=1S/C14H14N2O2/c1-3-18-14(17)12-9-10(2)15-13(16-12)11-7-5-4-6-8-11/h4-9H,3H2,1-2H3. The lowest BCUT2D eigenvalue weighted by molar-refractivity contribution is 0.0519. The Hall–Kier alpha value is -2.23. The predicted octanol–water partition coefficient (Wildman–Crippen LogP) is 2.63. The van der Waals surface area contributed by atoms with Crippen LogP contribution in [-0.4, -0.2) is 22.5 Å². The number of ether oxygens (including phenoxy) is 1. The number of carbonyl (C=O) groups is 1. The van der Waals surface area contributed by atoms with Gasteiger partial charge >= 0.3 is 5.97 Å². The van der Waals surface area contributed by atoms with E-state index in [0.29, 0.717) is 18.1 Å². The molecular formula is C14H14N2O2. The summed E-state index contributed by atoms with van der Waals surface area (Å²) in [7, 11) is 0. The SMILES string of the molecule is CCOC(=O)c1cc(C)nc(-c2ccccc2)n1. The van der Waals surface area contributed by atoms with Crippen LogP contribution in [0.5, 0.6) is 0 Å². The van der Waals surface area contributed by atoms with Gasteiger partial charge in [-0.15, -0.1) is 0 Å². The van der Waals surface area contributed by atoms with Crippen molar-refractivity contribution < 1.29 is 9.53 Å². The molecule has 92 valence electrons. The van der Waals surface area contributed by atoms with Gasteiger partial charge in [-0.05, 0) is 19.9 Å². The number of aryl methyl sites for hydroxylation is 1. The molecular weight excluding hydrogens is 228 g/mol. The molecule has 1 aromatic heterocycles. The summed E-state index contributed by atoms with van der Waals surface area (Å²) < 4.78 is 4.94. The zero-order valence-corrected chi connectivity index (χ0v) is 10.4. The first-order chi connectivity index (χ1) is 8.70. The van der Waals surface area contributed by atoms with Gasteiger partial charge in [-0.1, -0.05) is 30.3 Å². The van der Waals surface area contributed by atoms with Crippen LogP contribution in [0.2, 0.25) is 0 Å². The number of benzene rings is 1. The molecule has 18 heavy (non-hydrogen) atoms. The molecule has 1 heterocycles. The van der Waals surface area contributed by atoms with E-state index in [4.69, 9.17) is 4.74 Å². The fraction of sp³-hybridized carbons (Fsp3) is 0.214. The van der Waals surface area contributed by atoms with E-state index in [1.54, 1.807) is 13.0 Å². The number of hydrogen-bond donors (Lipinski definition) is 0. The molecule has 0 fully saturated rings. The van der Waals surface area contributed by atoms with Crippen molar-refractivity contribution in [2.45, 2.75) is 13.8 Å². The molecule has 0 saturated carbocycles. The zero-order valence-electron chi connectivity index (χ0n) is 10.4. The van der Waals surface area contributed by atoms with E-state index in [1.807, 2.05) is 37.3 Å². The van der Waals surface area contributed by atoms with Crippen LogP contribution in [0.15, 0.2) is 36.4 Å². The third-order valence-corrected chi connectivity index (χ3v) is 2.37. The van der Waals surface area contributed by atoms with Gasteiger partial charge in [-0.3, -0.25) is 0 Å². The molecule has 0 radical (unpaired) electrons. The summed E-state index contributed by atoms with van der Waals surface area (Å²) in [5, 5.41) is 0. The second kappa shape index (κ2) is 5.40. The average Bonchev–Trinajstić information content (AvgIpc) is 2.39. The van der Waals surface area contributed by atoms with E-state index < -0.39 is 5.97 Å². The molecule has 2 aromatic rings. The largest absolute Gasteiger partial charge is 0.461 e. The first kappa shape index (κ1) is 12.2. The van der Waals surface area contributed by atoms with Crippen LogP contribution in [0.3, 0.4) is 0 Å². The summed E-state index contributed by atoms with van der Waals surface area (Å²) in [6.45, 7) is 3.93. The molecule has 0 aliphatic heterocycles. The van der Waals surface area contributed by atoms with Gasteiger partial charge in [0.1, 0.15) is 0 Å². The molecule has 0 saturated heterocycles. The van der Waals surface area contributed by atoms with Crippen LogP contribution in [0.4, 0.5) is 0 Å². The van der Waals surface area contributed by atoms with Crippen molar-refractivity contribution in [3.8, 4) is 11.4 Å². The minimum absolute atomic E-state index is 0.295. The van der Waals surface area contributed by atoms with Gasteiger partial charge in [0.2, 0.25) is 0 Å². The van der Waals surface area contributed by atoms with Crippen LogP contribution < -0.4 is 0 Å². The Morgan fingerprint density at radius 3 is 2.61 bits per heavy atom. The van der Waals surface area contributed by atoms with Gasteiger partial charge in [0.05, 0.1) is 6.61 Å². The highest BCUT2D eigenvalue weighted by Gasteiger charge is 2.12. The molecule has 0 N–H and O–H groups in total. The summed E-state index contributed by atoms with van der Waals surface area (Å²) in [5.74, 6) is 0.124. The quantitative estimate of drug-likeness (QED) is 0.776. The Morgan fingerprint density at radius 1 is 1.22 bits per heavy atom. The van der Waals surface area contributed by atoms with Crippen LogP contribution in [0.25, 0.3) is 11.4 Å². The number of aromatic nitrogens is 2. The highest BCUT2D eigenvalue weighted by Crippen LogP contribution is 2.15. The van der Waals surface area contributed by atoms with E-state index >= 15 is 0 Å². The molecule has 0 amide bonds. The topological polar surface area (TPSA) is 52.1 Å². The van der Waals surface area contributed by atoms with E-state index in [9.17, 15) is 4.79 Å². The second-order valence-corrected chi connectivity index (χ2v) is 3.80. The molecule has 0 aliphatic carbocycles. The Kier molecular flexibility index (Phi) is 3.67. The summed E-state index contributed by atoms with van der Waals surface area (Å²) in [6.07, 6.45) is 0. The Labute approximate surface area is 106 Å². The lowest BCUT2D eigenvalue weighted by Crippen LogP contribution is -2.09. The molecule has 0 aliphatic rings. The third-order valence-electron chi connectivity index (χ3n) is 2.37. The maximum atomic E-state index is 11.7. The van der Waals surface area contributed by atoms with Gasteiger partial charge in [-0.2, -0.15) is 0 Å². The number of carbonyl (C=O) groups excluding carboxylic acids is 1. The van der Waals surface area contributed by atoms with Crippen molar-refractivity contribution in [1.29, 1.82) is 0 Å². The maximum absolute atomic E-state index is 11.7. The van der Waals surface area contributed by atoms with Crippen molar-refractivity contribution in [2.24, 2.45) is 0 Å². The fourth-order valence-electron chi connectivity index (χ4n) is 1.59. The van der Waals surface area contributed by atoms with E-state index in [1.165, 1.54) is 0 Å². The summed E-state index contributed by atoms with van der Waals surface area (Å²) in [6, 6.07) is 11.2. The van der Waals surface area contributed by atoms with Crippen LogP contribution in [-0.2, 0) is 4.74 Å². The monoisotopic (exact) mass is 242 g/mol. The molecule has 0 atom stereocenters. The molecule has 2 rings (SSSR count). The van der Waals surface area contributed by atoms with E-state index in [2.05, 4.69) is 9.97 Å². The van der Waals surface area contributed by atoms with Crippen LogP contribution >= 0.6 is 0 Å². The third kappa shape index (κ3) is 2.71. The number of hydrogen-bond acceptors (Lipinski definition) is 4. The van der Waals surface area contributed by atoms with Crippen molar-refractivity contribution in [3.63, 3.8) is 0 Å². The van der Waals surface area contributed by atoms with Crippen molar-refractivity contribution >= 4 is 5.97 Å². The minimum Gasteiger partial charge on any atom is -0.461 e. The molecule has 1 aromatic carbocycles. The molecule has 0 bridgehead atoms. The zero-order chi connectivity index (χ0) is 13.0. The Bertz CT molecular complexity index is 553. The molecule has 0 unspecified atom stereocenters. The van der Waals surface area contributed by atoms with E-state index in [0.717, 1.165) is 11.3 Å². The number of esters is 1. The smallest absolute Gasteiger partial charge is 0.357 e. The maximum Gasteiger partial charge on any atom is 0.357 e. The lowest BCUT2D eigenvalue weighted by atomic mass is 10.2. The normalized spacial score (nSPS) is 10.1. The minimum atomic E-state index is -0.416. The molecule has 4 nitrogen and oxygen atoms in total. The summed E-state index contributed by atoms with van der Waals surface area (Å²) >= 11 is 0. The summed E-state index contributed by atoms with van der Waals surface area (Å²) in [4.78, 5) is 20.2. The van der Waals surface area contributed by atoms with Crippen LogP contribution in [0.1, 0.15) is 23.1 Å². The van der Waals surface area contributed by atoms with Crippen molar-refractivity contribution in [3.05, 3.63) is 47.8 Å². The van der Waals surface area contributed by atoms with Gasteiger partial charge < -0.3 is 4.74 Å². The summed E-state index contributed by atoms with van der Waals surface area (Å²) in [5.41, 5.74) is 1.92. The van der Waals surface area contributed by atoms with Gasteiger partial charge in [-0.25, -0.2) is 14.8 Å². The highest BCUT2D eigenvalue weighted by molar-refractivity contribution is 5.87. The Balaban J connectivity index is 2.41.